The number of hydrogen-bond acceptors (Lipinski definition) is 5. The summed E-state index contributed by atoms with van der Waals surface area (Å²) in [4.78, 5) is 16.5. The zero-order valence-corrected chi connectivity index (χ0v) is 15.2. The largest absolute Gasteiger partial charge is 0.352 e. The van der Waals surface area contributed by atoms with Gasteiger partial charge < -0.3 is 5.32 Å². The van der Waals surface area contributed by atoms with Crippen LogP contribution < -0.4 is 5.32 Å². The highest BCUT2D eigenvalue weighted by atomic mass is 32.2. The van der Waals surface area contributed by atoms with E-state index in [0.717, 1.165) is 16.5 Å². The molecule has 3 aromatic rings. The Morgan fingerprint density at radius 1 is 1.40 bits per heavy atom. The summed E-state index contributed by atoms with van der Waals surface area (Å²) < 4.78 is 16.4. The first-order chi connectivity index (χ1) is 12.2. The predicted octanol–water partition coefficient (Wildman–Crippen LogP) is 3.69. The molecule has 25 heavy (non-hydrogen) atoms. The van der Waals surface area contributed by atoms with E-state index in [1.54, 1.807) is 54.4 Å². The van der Waals surface area contributed by atoms with Crippen LogP contribution in [0, 0.1) is 12.7 Å². The molecular formula is C17H17FN4OS2. The van der Waals surface area contributed by atoms with Gasteiger partial charge in [0.05, 0.1) is 17.5 Å². The minimum atomic E-state index is -0.375. The summed E-state index contributed by atoms with van der Waals surface area (Å²) in [5.74, 6) is 0.320. The molecule has 0 atom stereocenters. The molecule has 130 valence electrons. The van der Waals surface area contributed by atoms with Crippen molar-refractivity contribution in [1.82, 2.24) is 20.1 Å². The van der Waals surface area contributed by atoms with Gasteiger partial charge in [0.25, 0.3) is 5.91 Å². The number of aromatic nitrogens is 3. The van der Waals surface area contributed by atoms with E-state index in [-0.39, 0.29) is 11.7 Å². The topological polar surface area (TPSA) is 59.8 Å². The van der Waals surface area contributed by atoms with Gasteiger partial charge in [-0.2, -0.15) is 5.10 Å². The maximum absolute atomic E-state index is 13.9. The van der Waals surface area contributed by atoms with Crippen LogP contribution in [0.5, 0.6) is 0 Å². The average molecular weight is 376 g/mol. The number of carbonyl (C=O) groups is 1. The number of nitrogens with zero attached hydrogens (tertiary/aromatic N) is 3. The molecule has 0 fully saturated rings. The Morgan fingerprint density at radius 2 is 2.24 bits per heavy atom. The van der Waals surface area contributed by atoms with Crippen molar-refractivity contribution < 1.29 is 9.18 Å². The minimum absolute atomic E-state index is 0.195. The molecule has 0 radical (unpaired) electrons. The van der Waals surface area contributed by atoms with Crippen LogP contribution in [0.15, 0.2) is 46.4 Å². The lowest BCUT2D eigenvalue weighted by Crippen LogP contribution is -2.25. The van der Waals surface area contributed by atoms with Crippen molar-refractivity contribution in [1.29, 1.82) is 0 Å². The van der Waals surface area contributed by atoms with Crippen LogP contribution >= 0.6 is 23.1 Å². The van der Waals surface area contributed by atoms with Crippen molar-refractivity contribution in [2.24, 2.45) is 0 Å². The molecule has 1 aromatic carbocycles. The summed E-state index contributed by atoms with van der Waals surface area (Å²) in [5, 5.41) is 8.98. The normalized spacial score (nSPS) is 10.8. The second-order valence-electron chi connectivity index (χ2n) is 5.26. The van der Waals surface area contributed by atoms with E-state index in [2.05, 4.69) is 15.4 Å². The smallest absolute Gasteiger partial charge is 0.254 e. The molecule has 0 aliphatic rings. The highest BCUT2D eigenvalue weighted by Crippen LogP contribution is 2.20. The third kappa shape index (κ3) is 4.26. The van der Waals surface area contributed by atoms with Gasteiger partial charge in [0.2, 0.25) is 0 Å². The Bertz CT molecular complexity index is 848. The van der Waals surface area contributed by atoms with Crippen LogP contribution in [0.1, 0.15) is 22.5 Å². The summed E-state index contributed by atoms with van der Waals surface area (Å²) in [5.41, 5.74) is 1.40. The van der Waals surface area contributed by atoms with E-state index < -0.39 is 0 Å². The first-order valence-corrected chi connectivity index (χ1v) is 9.63. The SMILES string of the molecule is Cc1c(C(=O)NCCCSc2nccs2)cnn1-c1ccccc1F. The third-order valence-electron chi connectivity index (χ3n) is 3.58. The number of benzene rings is 1. The average Bonchev–Trinajstić information content (AvgIpc) is 3.25. The molecular weight excluding hydrogens is 359 g/mol. The van der Waals surface area contributed by atoms with Crippen molar-refractivity contribution in [3.8, 4) is 5.69 Å². The van der Waals surface area contributed by atoms with Crippen molar-refractivity contribution in [3.63, 3.8) is 0 Å². The highest BCUT2D eigenvalue weighted by Gasteiger charge is 2.16. The Hall–Kier alpha value is -2.19. The maximum atomic E-state index is 13.9. The number of thioether (sulfide) groups is 1. The molecule has 0 saturated heterocycles. The Balaban J connectivity index is 1.55. The van der Waals surface area contributed by atoms with Crippen molar-refractivity contribution in [2.45, 2.75) is 17.7 Å². The highest BCUT2D eigenvalue weighted by molar-refractivity contribution is 8.00. The minimum Gasteiger partial charge on any atom is -0.352 e. The zero-order valence-electron chi connectivity index (χ0n) is 13.6. The van der Waals surface area contributed by atoms with Crippen LogP contribution in [-0.2, 0) is 0 Å². The third-order valence-corrected chi connectivity index (χ3v) is 5.63. The second kappa shape index (κ2) is 8.26. The van der Waals surface area contributed by atoms with Gasteiger partial charge in [0.15, 0.2) is 0 Å². The number of hydrogen-bond donors (Lipinski definition) is 1. The van der Waals surface area contributed by atoms with E-state index in [0.29, 0.717) is 23.5 Å². The molecule has 5 nitrogen and oxygen atoms in total. The molecule has 3 rings (SSSR count). The lowest BCUT2D eigenvalue weighted by Gasteiger charge is -2.07. The van der Waals surface area contributed by atoms with E-state index in [1.807, 2.05) is 5.38 Å². The molecule has 0 saturated carbocycles. The fourth-order valence-electron chi connectivity index (χ4n) is 2.31. The first-order valence-electron chi connectivity index (χ1n) is 7.77. The number of thiazole rings is 1. The lowest BCUT2D eigenvalue weighted by molar-refractivity contribution is 0.0953. The van der Waals surface area contributed by atoms with Crippen LogP contribution in [0.4, 0.5) is 4.39 Å². The van der Waals surface area contributed by atoms with Gasteiger partial charge >= 0.3 is 0 Å². The zero-order chi connectivity index (χ0) is 17.6. The van der Waals surface area contributed by atoms with Crippen LogP contribution in [0.25, 0.3) is 5.69 Å². The van der Waals surface area contributed by atoms with Crippen LogP contribution in [0.3, 0.4) is 0 Å². The molecule has 0 bridgehead atoms. The fourth-order valence-corrected chi connectivity index (χ4v) is 3.96. The maximum Gasteiger partial charge on any atom is 0.254 e. The summed E-state index contributed by atoms with van der Waals surface area (Å²) in [6.45, 7) is 2.33. The fraction of sp³-hybridized carbons (Fsp3) is 0.235. The number of rotatable bonds is 7. The van der Waals surface area contributed by atoms with Crippen LogP contribution in [-0.4, -0.2) is 33.0 Å². The van der Waals surface area contributed by atoms with Crippen molar-refractivity contribution >= 4 is 29.0 Å². The molecule has 0 aliphatic carbocycles. The Morgan fingerprint density at radius 3 is 3.00 bits per heavy atom. The van der Waals surface area contributed by atoms with Gasteiger partial charge in [-0.1, -0.05) is 23.9 Å². The van der Waals surface area contributed by atoms with Gasteiger partial charge in [-0.05, 0) is 25.5 Å². The number of nitrogens with one attached hydrogen (secondary N) is 1. The molecule has 1 N–H and O–H groups in total. The van der Waals surface area contributed by atoms with E-state index >= 15 is 0 Å². The molecule has 2 aromatic heterocycles. The van der Waals surface area contributed by atoms with Gasteiger partial charge in [-0.3, -0.25) is 4.79 Å². The Kier molecular flexibility index (Phi) is 5.83. The van der Waals surface area contributed by atoms with Gasteiger partial charge in [-0.15, -0.1) is 11.3 Å². The summed E-state index contributed by atoms with van der Waals surface area (Å²) in [6, 6.07) is 6.36. The molecule has 0 spiro atoms. The van der Waals surface area contributed by atoms with Gasteiger partial charge in [0, 0.05) is 23.9 Å². The monoisotopic (exact) mass is 376 g/mol. The van der Waals surface area contributed by atoms with Gasteiger partial charge in [0.1, 0.15) is 15.8 Å². The molecule has 8 heteroatoms. The van der Waals surface area contributed by atoms with E-state index in [9.17, 15) is 9.18 Å². The summed E-state index contributed by atoms with van der Waals surface area (Å²) in [6.07, 6.45) is 4.10. The standard InChI is InChI=1S/C17H17FN4OS2/c1-12-13(11-21-22(12)15-6-3-2-5-14(15)18)16(23)19-7-4-9-24-17-20-8-10-25-17/h2-3,5-6,8,10-11H,4,7,9H2,1H3,(H,19,23). The molecule has 2 heterocycles. The van der Waals surface area contributed by atoms with Crippen molar-refractivity contribution in [2.75, 3.05) is 12.3 Å². The second-order valence-corrected chi connectivity index (χ2v) is 7.50. The van der Waals surface area contributed by atoms with Gasteiger partial charge in [-0.25, -0.2) is 14.1 Å². The summed E-state index contributed by atoms with van der Waals surface area (Å²) in [7, 11) is 0. The molecule has 0 aliphatic heterocycles. The number of carbonyl (C=O) groups excluding carboxylic acids is 1. The molecule has 1 amide bonds. The van der Waals surface area contributed by atoms with E-state index in [1.165, 1.54) is 16.9 Å². The number of para-hydroxylation sites is 1. The van der Waals surface area contributed by atoms with Crippen molar-refractivity contribution in [3.05, 3.63) is 59.1 Å². The first kappa shape index (κ1) is 17.6. The van der Waals surface area contributed by atoms with Crippen LogP contribution in [0.2, 0.25) is 0 Å². The summed E-state index contributed by atoms with van der Waals surface area (Å²) >= 11 is 3.29. The quantitative estimate of drug-likeness (QED) is 0.505. The van der Waals surface area contributed by atoms with E-state index in [4.69, 9.17) is 0 Å². The molecule has 0 unspecified atom stereocenters. The predicted molar refractivity (Wildman–Crippen MR) is 98.0 cm³/mol. The Labute approximate surface area is 153 Å². The lowest BCUT2D eigenvalue weighted by atomic mass is 10.2. The number of halogens is 1. The number of amides is 1.